The molecule has 0 aliphatic carbocycles. The second-order valence-electron chi connectivity index (χ2n) is 2.83. The largest absolute Gasteiger partial charge is 0.382 e. The standard InChI is InChI=1S/C9H17N3O/c1-3-12-8-10-11-9(12)6-5-7-13-4-2/h8H,3-7H2,1-2H3. The van der Waals surface area contributed by atoms with Gasteiger partial charge in [0.15, 0.2) is 0 Å². The van der Waals surface area contributed by atoms with Gasteiger partial charge in [-0.05, 0) is 20.3 Å². The molecule has 4 heteroatoms. The number of aryl methyl sites for hydroxylation is 2. The third-order valence-electron chi connectivity index (χ3n) is 1.93. The molecule has 0 saturated heterocycles. The molecule has 1 aromatic rings. The van der Waals surface area contributed by atoms with Crippen LogP contribution in [-0.2, 0) is 17.7 Å². The molecule has 74 valence electrons. The van der Waals surface area contributed by atoms with Crippen LogP contribution in [0.2, 0.25) is 0 Å². The Hall–Kier alpha value is -0.900. The molecule has 0 aromatic carbocycles. The van der Waals surface area contributed by atoms with Gasteiger partial charge in [-0.3, -0.25) is 0 Å². The van der Waals surface area contributed by atoms with Crippen LogP contribution >= 0.6 is 0 Å². The van der Waals surface area contributed by atoms with Crippen molar-refractivity contribution in [2.45, 2.75) is 33.2 Å². The Morgan fingerprint density at radius 1 is 1.46 bits per heavy atom. The highest BCUT2D eigenvalue weighted by Gasteiger charge is 2.01. The van der Waals surface area contributed by atoms with Crippen molar-refractivity contribution in [1.29, 1.82) is 0 Å². The SMILES string of the molecule is CCOCCCc1nncn1CC. The van der Waals surface area contributed by atoms with Crippen molar-refractivity contribution < 1.29 is 4.74 Å². The van der Waals surface area contributed by atoms with Crippen molar-refractivity contribution >= 4 is 0 Å². The van der Waals surface area contributed by atoms with Crippen LogP contribution in [0.3, 0.4) is 0 Å². The van der Waals surface area contributed by atoms with Crippen LogP contribution in [0, 0.1) is 0 Å². The normalized spacial score (nSPS) is 10.6. The summed E-state index contributed by atoms with van der Waals surface area (Å²) in [6.45, 7) is 6.65. The summed E-state index contributed by atoms with van der Waals surface area (Å²) in [5, 5.41) is 7.91. The van der Waals surface area contributed by atoms with Gasteiger partial charge >= 0.3 is 0 Å². The number of ether oxygens (including phenoxy) is 1. The van der Waals surface area contributed by atoms with Crippen molar-refractivity contribution in [3.63, 3.8) is 0 Å². The van der Waals surface area contributed by atoms with E-state index in [-0.39, 0.29) is 0 Å². The summed E-state index contributed by atoms with van der Waals surface area (Å²) in [7, 11) is 0. The Morgan fingerprint density at radius 2 is 2.31 bits per heavy atom. The van der Waals surface area contributed by atoms with Crippen LogP contribution in [0.1, 0.15) is 26.1 Å². The zero-order valence-corrected chi connectivity index (χ0v) is 8.36. The summed E-state index contributed by atoms with van der Waals surface area (Å²) < 4.78 is 7.31. The lowest BCUT2D eigenvalue weighted by atomic mass is 10.3. The summed E-state index contributed by atoms with van der Waals surface area (Å²) >= 11 is 0. The van der Waals surface area contributed by atoms with Gasteiger partial charge in [0.2, 0.25) is 0 Å². The fourth-order valence-corrected chi connectivity index (χ4v) is 1.21. The van der Waals surface area contributed by atoms with E-state index in [2.05, 4.69) is 21.7 Å². The average molecular weight is 183 g/mol. The molecule has 0 saturated carbocycles. The van der Waals surface area contributed by atoms with E-state index in [4.69, 9.17) is 4.74 Å². The van der Waals surface area contributed by atoms with Gasteiger partial charge in [0.1, 0.15) is 12.2 Å². The molecule has 0 spiro atoms. The summed E-state index contributed by atoms with van der Waals surface area (Å²) in [4.78, 5) is 0. The lowest BCUT2D eigenvalue weighted by Crippen LogP contribution is -2.03. The first-order valence-electron chi connectivity index (χ1n) is 4.82. The first kappa shape index (κ1) is 10.2. The van der Waals surface area contributed by atoms with Crippen molar-refractivity contribution in [1.82, 2.24) is 14.8 Å². The van der Waals surface area contributed by atoms with Gasteiger partial charge in [-0.15, -0.1) is 10.2 Å². The summed E-state index contributed by atoms with van der Waals surface area (Å²) in [6.07, 6.45) is 3.75. The molecular formula is C9H17N3O. The molecular weight excluding hydrogens is 166 g/mol. The third-order valence-corrected chi connectivity index (χ3v) is 1.93. The summed E-state index contributed by atoms with van der Waals surface area (Å²) in [5.41, 5.74) is 0. The van der Waals surface area contributed by atoms with Crippen LogP contribution in [0.25, 0.3) is 0 Å². The maximum Gasteiger partial charge on any atom is 0.132 e. The molecule has 1 heterocycles. The summed E-state index contributed by atoms with van der Waals surface area (Å²) in [5.74, 6) is 1.06. The Kier molecular flexibility index (Phi) is 4.46. The van der Waals surface area contributed by atoms with Crippen LogP contribution in [0.4, 0.5) is 0 Å². The fraction of sp³-hybridized carbons (Fsp3) is 0.778. The Morgan fingerprint density at radius 3 is 3.00 bits per heavy atom. The quantitative estimate of drug-likeness (QED) is 0.623. The minimum absolute atomic E-state index is 0.792. The minimum Gasteiger partial charge on any atom is -0.382 e. The predicted molar refractivity (Wildman–Crippen MR) is 50.5 cm³/mol. The lowest BCUT2D eigenvalue weighted by molar-refractivity contribution is 0.144. The molecule has 4 nitrogen and oxygen atoms in total. The van der Waals surface area contributed by atoms with Crippen LogP contribution in [-0.4, -0.2) is 28.0 Å². The van der Waals surface area contributed by atoms with Crippen molar-refractivity contribution in [2.24, 2.45) is 0 Å². The van der Waals surface area contributed by atoms with E-state index in [0.717, 1.165) is 38.4 Å². The van der Waals surface area contributed by atoms with E-state index in [0.29, 0.717) is 0 Å². The molecule has 0 N–H and O–H groups in total. The smallest absolute Gasteiger partial charge is 0.132 e. The average Bonchev–Trinajstić information content (AvgIpc) is 2.60. The monoisotopic (exact) mass is 183 g/mol. The topological polar surface area (TPSA) is 39.9 Å². The number of rotatable bonds is 6. The van der Waals surface area contributed by atoms with E-state index >= 15 is 0 Å². The van der Waals surface area contributed by atoms with E-state index in [1.54, 1.807) is 6.33 Å². The maximum absolute atomic E-state index is 5.25. The molecule has 1 aromatic heterocycles. The van der Waals surface area contributed by atoms with Gasteiger partial charge in [-0.25, -0.2) is 0 Å². The minimum atomic E-state index is 0.792. The highest BCUT2D eigenvalue weighted by molar-refractivity contribution is 4.85. The van der Waals surface area contributed by atoms with Gasteiger partial charge in [0.05, 0.1) is 0 Å². The molecule has 0 bridgehead atoms. The Labute approximate surface area is 78.9 Å². The zero-order chi connectivity index (χ0) is 9.52. The van der Waals surface area contributed by atoms with Crippen molar-refractivity contribution in [3.05, 3.63) is 12.2 Å². The second kappa shape index (κ2) is 5.70. The van der Waals surface area contributed by atoms with E-state index < -0.39 is 0 Å². The van der Waals surface area contributed by atoms with Crippen LogP contribution < -0.4 is 0 Å². The Balaban J connectivity index is 2.27. The molecule has 13 heavy (non-hydrogen) atoms. The van der Waals surface area contributed by atoms with E-state index in [1.165, 1.54) is 0 Å². The van der Waals surface area contributed by atoms with Crippen molar-refractivity contribution in [3.8, 4) is 0 Å². The molecule has 0 aliphatic heterocycles. The highest BCUT2D eigenvalue weighted by Crippen LogP contribution is 1.99. The fourth-order valence-electron chi connectivity index (χ4n) is 1.21. The van der Waals surface area contributed by atoms with E-state index in [1.807, 2.05) is 6.92 Å². The molecule has 1 rings (SSSR count). The highest BCUT2D eigenvalue weighted by atomic mass is 16.5. The molecule has 0 atom stereocenters. The van der Waals surface area contributed by atoms with Gasteiger partial charge in [-0.2, -0.15) is 0 Å². The molecule has 0 unspecified atom stereocenters. The van der Waals surface area contributed by atoms with Gasteiger partial charge in [0.25, 0.3) is 0 Å². The van der Waals surface area contributed by atoms with Gasteiger partial charge < -0.3 is 9.30 Å². The van der Waals surface area contributed by atoms with Crippen LogP contribution in [0.15, 0.2) is 6.33 Å². The van der Waals surface area contributed by atoms with Gasteiger partial charge in [0, 0.05) is 26.2 Å². The number of nitrogens with zero attached hydrogens (tertiary/aromatic N) is 3. The second-order valence-corrected chi connectivity index (χ2v) is 2.83. The lowest BCUT2D eigenvalue weighted by Gasteiger charge is -2.02. The first-order valence-corrected chi connectivity index (χ1v) is 4.82. The zero-order valence-electron chi connectivity index (χ0n) is 8.36. The van der Waals surface area contributed by atoms with Crippen LogP contribution in [0.5, 0.6) is 0 Å². The first-order chi connectivity index (χ1) is 6.38. The molecule has 0 radical (unpaired) electrons. The number of hydrogen-bond acceptors (Lipinski definition) is 3. The van der Waals surface area contributed by atoms with Gasteiger partial charge in [-0.1, -0.05) is 0 Å². The Bertz CT molecular complexity index is 235. The summed E-state index contributed by atoms with van der Waals surface area (Å²) in [6, 6.07) is 0. The third kappa shape index (κ3) is 3.14. The molecule has 0 fully saturated rings. The van der Waals surface area contributed by atoms with E-state index in [9.17, 15) is 0 Å². The molecule has 0 aliphatic rings. The molecule has 0 amide bonds. The maximum atomic E-state index is 5.25. The number of aromatic nitrogens is 3. The van der Waals surface area contributed by atoms with Crippen molar-refractivity contribution in [2.75, 3.05) is 13.2 Å². The number of hydrogen-bond donors (Lipinski definition) is 0. The predicted octanol–water partition coefficient (Wildman–Crippen LogP) is 1.27.